The lowest BCUT2D eigenvalue weighted by Gasteiger charge is -2.60. The molecule has 4 fully saturated rings. The van der Waals surface area contributed by atoms with Crippen LogP contribution in [0.1, 0.15) is 52.4 Å². The van der Waals surface area contributed by atoms with Gasteiger partial charge in [-0.2, -0.15) is 0 Å². The van der Waals surface area contributed by atoms with E-state index in [1.54, 1.807) is 0 Å². The third-order valence-electron chi connectivity index (χ3n) is 10.3. The van der Waals surface area contributed by atoms with E-state index in [0.717, 1.165) is 45.2 Å². The van der Waals surface area contributed by atoms with E-state index in [1.165, 1.54) is 25.2 Å². The number of methoxy groups -OCH3 is 1. The first kappa shape index (κ1) is 20.0. The van der Waals surface area contributed by atoms with Crippen molar-refractivity contribution in [2.24, 2.45) is 40.4 Å². The molecule has 0 aromatic heterocycles. The average Bonchev–Trinajstić information content (AvgIpc) is 3.37. The molecule has 2 saturated carbocycles. The summed E-state index contributed by atoms with van der Waals surface area (Å²) in [5.74, 6) is 0.435. The van der Waals surface area contributed by atoms with Crippen molar-refractivity contribution < 1.29 is 23.9 Å². The summed E-state index contributed by atoms with van der Waals surface area (Å²) in [5, 5.41) is 0. The molecule has 2 saturated heterocycles. The first-order valence-electron chi connectivity index (χ1n) is 12.1. The fraction of sp³-hybridized carbons (Fsp3) is 0.800. The lowest BCUT2D eigenvalue weighted by molar-refractivity contribution is -0.175. The zero-order valence-electron chi connectivity index (χ0n) is 18.8. The van der Waals surface area contributed by atoms with E-state index in [0.29, 0.717) is 30.6 Å². The van der Waals surface area contributed by atoms with E-state index < -0.39 is 10.8 Å². The Morgan fingerprint density at radius 1 is 1.16 bits per heavy atom. The second kappa shape index (κ2) is 6.43. The molecule has 2 heterocycles. The third-order valence-corrected chi connectivity index (χ3v) is 10.3. The monoisotopic (exact) mass is 427 g/mol. The molecule has 6 rings (SSSR count). The summed E-state index contributed by atoms with van der Waals surface area (Å²) in [6, 6.07) is 0.250. The predicted molar refractivity (Wildman–Crippen MR) is 112 cm³/mol. The number of ketones is 1. The summed E-state index contributed by atoms with van der Waals surface area (Å²) in [6.07, 6.45) is 5.43. The standard InChI is InChI=1S/C25H33NO5/c1-13-10-26-11-16-6-4-15-5-7-17-19(23(29)30-3)9-24(21(15)17)22(28)18(13)8-20(26)25(16,24)12-31-14(2)27/h13,16-20H,4-12H2,1-3H3/t13-,16-,17-,18-,19-,20-,24+,25-/m1/s1. The number of rotatable bonds is 3. The molecule has 4 aliphatic carbocycles. The summed E-state index contributed by atoms with van der Waals surface area (Å²) in [7, 11) is 1.46. The highest BCUT2D eigenvalue weighted by Crippen LogP contribution is 2.75. The molecule has 0 N–H and O–H groups in total. The van der Waals surface area contributed by atoms with Crippen LogP contribution in [0.15, 0.2) is 11.1 Å². The largest absolute Gasteiger partial charge is 0.469 e. The van der Waals surface area contributed by atoms with Gasteiger partial charge in [-0.25, -0.2) is 0 Å². The van der Waals surface area contributed by atoms with Gasteiger partial charge in [0.25, 0.3) is 0 Å². The molecular weight excluding hydrogens is 394 g/mol. The van der Waals surface area contributed by atoms with Gasteiger partial charge in [0.2, 0.25) is 0 Å². The molecule has 6 aliphatic rings. The number of ether oxygens (including phenoxy) is 2. The summed E-state index contributed by atoms with van der Waals surface area (Å²) < 4.78 is 11.1. The molecule has 6 nitrogen and oxygen atoms in total. The number of hydrogen-bond donors (Lipinski definition) is 0. The van der Waals surface area contributed by atoms with Gasteiger partial charge in [0.1, 0.15) is 5.78 Å². The van der Waals surface area contributed by atoms with Crippen LogP contribution in [0, 0.1) is 40.4 Å². The average molecular weight is 428 g/mol. The van der Waals surface area contributed by atoms with Crippen LogP contribution < -0.4 is 0 Å². The van der Waals surface area contributed by atoms with Crippen molar-refractivity contribution in [2.75, 3.05) is 26.8 Å². The molecular formula is C25H33NO5. The number of allylic oxidation sites excluding steroid dienone is 2. The fourth-order valence-electron chi connectivity index (χ4n) is 9.31. The van der Waals surface area contributed by atoms with Crippen LogP contribution in [0.25, 0.3) is 0 Å². The maximum Gasteiger partial charge on any atom is 0.309 e. The van der Waals surface area contributed by atoms with Crippen LogP contribution in [-0.2, 0) is 23.9 Å². The molecule has 0 amide bonds. The van der Waals surface area contributed by atoms with Crippen LogP contribution in [0.4, 0.5) is 0 Å². The molecule has 0 aromatic carbocycles. The minimum Gasteiger partial charge on any atom is -0.469 e. The Hall–Kier alpha value is -1.69. The summed E-state index contributed by atoms with van der Waals surface area (Å²) >= 11 is 0. The lowest BCUT2D eigenvalue weighted by Crippen LogP contribution is -2.67. The predicted octanol–water partition coefficient (Wildman–Crippen LogP) is 2.75. The smallest absolute Gasteiger partial charge is 0.309 e. The third kappa shape index (κ3) is 2.20. The molecule has 2 aliphatic heterocycles. The molecule has 2 bridgehead atoms. The number of carbonyl (C=O) groups is 3. The Kier molecular flexibility index (Phi) is 4.14. The SMILES string of the molecule is COC(=O)[C@@H]1C[C@@]23C(=O)[C@@H]4C[C@H]5N(C[C@@H](CCC6=C2[C@@H]1CC6)[C@]53COC(C)=O)C[C@H]4C. The molecule has 31 heavy (non-hydrogen) atoms. The van der Waals surface area contributed by atoms with Crippen molar-refractivity contribution in [3.05, 3.63) is 11.1 Å². The maximum atomic E-state index is 14.6. The van der Waals surface area contributed by atoms with Gasteiger partial charge in [0.05, 0.1) is 25.0 Å². The van der Waals surface area contributed by atoms with Crippen LogP contribution in [0.2, 0.25) is 0 Å². The molecule has 168 valence electrons. The number of carbonyl (C=O) groups excluding carboxylic acids is 3. The van der Waals surface area contributed by atoms with Gasteiger partial charge in [-0.1, -0.05) is 18.1 Å². The second-order valence-corrected chi connectivity index (χ2v) is 11.1. The van der Waals surface area contributed by atoms with Gasteiger partial charge in [0, 0.05) is 37.4 Å². The summed E-state index contributed by atoms with van der Waals surface area (Å²) in [5.41, 5.74) is 1.64. The number of hydrogen-bond acceptors (Lipinski definition) is 6. The molecule has 0 radical (unpaired) electrons. The van der Waals surface area contributed by atoms with Crippen molar-refractivity contribution in [1.82, 2.24) is 4.90 Å². The van der Waals surface area contributed by atoms with E-state index in [4.69, 9.17) is 9.47 Å². The van der Waals surface area contributed by atoms with E-state index in [2.05, 4.69) is 11.8 Å². The van der Waals surface area contributed by atoms with Gasteiger partial charge in [0.15, 0.2) is 0 Å². The van der Waals surface area contributed by atoms with Gasteiger partial charge in [-0.15, -0.1) is 0 Å². The highest BCUT2D eigenvalue weighted by atomic mass is 16.5. The molecule has 1 spiro atoms. The minimum atomic E-state index is -0.671. The highest BCUT2D eigenvalue weighted by molar-refractivity contribution is 5.95. The Morgan fingerprint density at radius 3 is 2.68 bits per heavy atom. The molecule has 6 heteroatoms. The number of Topliss-reactive ketones (excluding diaryl/α,β-unsaturated/α-hetero) is 1. The van der Waals surface area contributed by atoms with Crippen LogP contribution >= 0.6 is 0 Å². The van der Waals surface area contributed by atoms with E-state index in [9.17, 15) is 14.4 Å². The van der Waals surface area contributed by atoms with Crippen molar-refractivity contribution in [3.8, 4) is 0 Å². The number of nitrogens with zero attached hydrogens (tertiary/aromatic N) is 1. The van der Waals surface area contributed by atoms with E-state index in [1.807, 2.05) is 0 Å². The number of piperidine rings is 1. The van der Waals surface area contributed by atoms with Gasteiger partial charge in [-0.3, -0.25) is 19.3 Å². The topological polar surface area (TPSA) is 72.9 Å². The fourth-order valence-corrected chi connectivity index (χ4v) is 9.31. The molecule has 0 unspecified atom stereocenters. The number of fused-ring (bicyclic) bond motifs is 1. The summed E-state index contributed by atoms with van der Waals surface area (Å²) in [6.45, 7) is 5.92. The molecule has 8 atom stereocenters. The lowest BCUT2D eigenvalue weighted by atomic mass is 9.45. The quantitative estimate of drug-likeness (QED) is 0.509. The van der Waals surface area contributed by atoms with E-state index in [-0.39, 0.29) is 35.7 Å². The van der Waals surface area contributed by atoms with Crippen LogP contribution in [0.3, 0.4) is 0 Å². The first-order chi connectivity index (χ1) is 14.8. The van der Waals surface area contributed by atoms with Gasteiger partial charge >= 0.3 is 11.9 Å². The van der Waals surface area contributed by atoms with Crippen molar-refractivity contribution in [2.45, 2.75) is 58.4 Å². The normalized spacial score (nSPS) is 47.3. The Bertz CT molecular complexity index is 910. The first-order valence-corrected chi connectivity index (χ1v) is 12.1. The number of esters is 2. The summed E-state index contributed by atoms with van der Waals surface area (Å²) in [4.78, 5) is 42.1. The van der Waals surface area contributed by atoms with Crippen molar-refractivity contribution >= 4 is 17.7 Å². The van der Waals surface area contributed by atoms with Gasteiger partial charge in [-0.05, 0) is 56.3 Å². The highest BCUT2D eigenvalue weighted by Gasteiger charge is 2.78. The van der Waals surface area contributed by atoms with Crippen LogP contribution in [-0.4, -0.2) is 55.5 Å². The zero-order valence-corrected chi connectivity index (χ0v) is 18.8. The molecule has 0 aromatic rings. The van der Waals surface area contributed by atoms with Crippen LogP contribution in [0.5, 0.6) is 0 Å². The zero-order chi connectivity index (χ0) is 21.7. The van der Waals surface area contributed by atoms with E-state index >= 15 is 0 Å². The maximum absolute atomic E-state index is 14.6. The Balaban J connectivity index is 1.61. The van der Waals surface area contributed by atoms with Gasteiger partial charge < -0.3 is 9.47 Å². The van der Waals surface area contributed by atoms with Crippen molar-refractivity contribution in [3.63, 3.8) is 0 Å². The Morgan fingerprint density at radius 2 is 1.94 bits per heavy atom. The second-order valence-electron chi connectivity index (χ2n) is 11.1. The Labute approximate surface area is 183 Å². The van der Waals surface area contributed by atoms with Crippen molar-refractivity contribution in [1.29, 1.82) is 0 Å². The minimum absolute atomic E-state index is 0.0370.